The number of nitrogens with zero attached hydrogens (tertiary/aromatic N) is 6. The third-order valence-corrected chi connectivity index (χ3v) is 11.5. The largest absolute Gasteiger partial charge is 0.491 e. The van der Waals surface area contributed by atoms with E-state index in [-0.39, 0.29) is 12.0 Å². The molecule has 5 heterocycles. The molecule has 8 rings (SSSR count). The molecule has 3 aromatic carbocycles. The highest BCUT2D eigenvalue weighted by Gasteiger charge is 2.21. The highest BCUT2D eigenvalue weighted by molar-refractivity contribution is 7.13. The van der Waals surface area contributed by atoms with Crippen molar-refractivity contribution in [3.8, 4) is 33.5 Å². The average molecular weight is 813 g/mol. The maximum Gasteiger partial charge on any atom is 0.322 e. The molecule has 59 heavy (non-hydrogen) atoms. The van der Waals surface area contributed by atoms with Crippen LogP contribution in [0.25, 0.3) is 38.1 Å². The van der Waals surface area contributed by atoms with Crippen LogP contribution in [0, 0.1) is 6.92 Å². The molecule has 0 amide bonds. The number of aryl methyl sites for hydroxylation is 1. The van der Waals surface area contributed by atoms with Crippen molar-refractivity contribution in [3.05, 3.63) is 107 Å². The molecule has 1 aliphatic heterocycles. The minimum absolute atomic E-state index is 0.0310. The van der Waals surface area contributed by atoms with E-state index in [4.69, 9.17) is 29.2 Å². The molecule has 1 saturated heterocycles. The van der Waals surface area contributed by atoms with Crippen LogP contribution in [0.5, 0.6) is 11.8 Å². The Hall–Kier alpha value is -5.67. The van der Waals surface area contributed by atoms with Gasteiger partial charge in [-0.05, 0) is 80.1 Å². The number of aromatic nitrogens is 6. The van der Waals surface area contributed by atoms with Gasteiger partial charge in [0, 0.05) is 60.1 Å². The molecule has 0 saturated carbocycles. The third kappa shape index (κ3) is 9.47. The number of ether oxygens (including phenoxy) is 3. The second-order valence-electron chi connectivity index (χ2n) is 15.0. The summed E-state index contributed by atoms with van der Waals surface area (Å²) in [5.74, 6) is 1.70. The molecule has 1 aliphatic rings. The maximum atomic E-state index is 6.30. The molecule has 0 radical (unpaired) electrons. The number of thiazole rings is 1. The van der Waals surface area contributed by atoms with Crippen LogP contribution in [0.3, 0.4) is 0 Å². The molecule has 306 valence electrons. The van der Waals surface area contributed by atoms with Crippen LogP contribution in [0.15, 0.2) is 84.6 Å². The van der Waals surface area contributed by atoms with E-state index in [9.17, 15) is 0 Å². The highest BCUT2D eigenvalue weighted by atomic mass is 32.1. The van der Waals surface area contributed by atoms with Crippen LogP contribution in [0.1, 0.15) is 55.0 Å². The fourth-order valence-electron chi connectivity index (χ4n) is 7.43. The summed E-state index contributed by atoms with van der Waals surface area (Å²) in [6.45, 7) is 11.5. The fourth-order valence-corrected chi connectivity index (χ4v) is 8.23. The molecule has 0 aliphatic carbocycles. The molecular formula is C45H52N10O3S. The normalized spacial score (nSPS) is 14.3. The van der Waals surface area contributed by atoms with Crippen LogP contribution >= 0.6 is 11.3 Å². The lowest BCUT2D eigenvalue weighted by Gasteiger charge is -2.23. The molecule has 1 unspecified atom stereocenters. The van der Waals surface area contributed by atoms with Gasteiger partial charge in [-0.15, -0.1) is 11.3 Å². The second-order valence-corrected chi connectivity index (χ2v) is 15.9. The number of fused-ring (bicyclic) bond motifs is 2. The van der Waals surface area contributed by atoms with Crippen LogP contribution in [0.4, 0.5) is 11.6 Å². The first-order valence-corrected chi connectivity index (χ1v) is 21.3. The minimum atomic E-state index is 0.0310. The lowest BCUT2D eigenvalue weighted by atomic mass is 9.99. The number of anilines is 2. The predicted octanol–water partition coefficient (Wildman–Crippen LogP) is 7.86. The summed E-state index contributed by atoms with van der Waals surface area (Å²) in [6.07, 6.45) is 5.82. The maximum absolute atomic E-state index is 6.30. The summed E-state index contributed by atoms with van der Waals surface area (Å²) >= 11 is 1.64. The van der Waals surface area contributed by atoms with Gasteiger partial charge in [-0.25, -0.2) is 4.98 Å². The van der Waals surface area contributed by atoms with Gasteiger partial charge in [-0.1, -0.05) is 56.3 Å². The first-order chi connectivity index (χ1) is 28.9. The topological polar surface area (TPSA) is 145 Å². The lowest BCUT2D eigenvalue weighted by molar-refractivity contribution is 0.107. The molecular weight excluding hydrogens is 761 g/mol. The zero-order chi connectivity index (χ0) is 40.6. The van der Waals surface area contributed by atoms with Gasteiger partial charge in [-0.3, -0.25) is 4.98 Å². The second kappa shape index (κ2) is 18.9. The Morgan fingerprint density at radius 1 is 0.949 bits per heavy atom. The highest BCUT2D eigenvalue weighted by Crippen LogP contribution is 2.33. The summed E-state index contributed by atoms with van der Waals surface area (Å²) < 4.78 is 20.2. The average Bonchev–Trinajstić information content (AvgIpc) is 3.89. The third-order valence-electron chi connectivity index (χ3n) is 10.5. The zero-order valence-electron chi connectivity index (χ0n) is 34.1. The van der Waals surface area contributed by atoms with E-state index in [1.807, 2.05) is 31.9 Å². The van der Waals surface area contributed by atoms with Gasteiger partial charge in [0.2, 0.25) is 5.95 Å². The fraction of sp³-hybridized carbons (Fsp3) is 0.356. The number of piperidine rings is 1. The number of nitrogens with one attached hydrogen (secondary N) is 4. The van der Waals surface area contributed by atoms with Gasteiger partial charge in [0.05, 0.1) is 41.2 Å². The number of hydrogen-bond acceptors (Lipinski definition) is 13. The molecule has 0 bridgehead atoms. The Balaban J connectivity index is 0.896. The molecule has 0 spiro atoms. The van der Waals surface area contributed by atoms with Gasteiger partial charge in [-0.2, -0.15) is 19.6 Å². The van der Waals surface area contributed by atoms with Crippen LogP contribution in [0.2, 0.25) is 0 Å². The number of hydrogen-bond donors (Lipinski definition) is 4. The Bertz CT molecular complexity index is 2500. The quantitative estimate of drug-likeness (QED) is 0.0627. The van der Waals surface area contributed by atoms with E-state index in [2.05, 4.69) is 112 Å². The number of rotatable bonds is 18. The van der Waals surface area contributed by atoms with Crippen molar-refractivity contribution in [2.24, 2.45) is 0 Å². The van der Waals surface area contributed by atoms with Gasteiger partial charge < -0.3 is 35.5 Å². The molecule has 14 heteroatoms. The predicted molar refractivity (Wildman–Crippen MR) is 236 cm³/mol. The molecule has 4 N–H and O–H groups in total. The van der Waals surface area contributed by atoms with Crippen molar-refractivity contribution in [1.82, 2.24) is 40.2 Å². The van der Waals surface area contributed by atoms with E-state index in [1.165, 1.54) is 0 Å². The molecule has 7 aromatic rings. The van der Waals surface area contributed by atoms with Crippen molar-refractivity contribution < 1.29 is 14.2 Å². The van der Waals surface area contributed by atoms with E-state index in [1.54, 1.807) is 15.9 Å². The van der Waals surface area contributed by atoms with Gasteiger partial charge >= 0.3 is 6.01 Å². The van der Waals surface area contributed by atoms with E-state index >= 15 is 0 Å². The molecule has 13 nitrogen and oxygen atoms in total. The molecule has 4 aromatic heterocycles. The Morgan fingerprint density at radius 2 is 1.86 bits per heavy atom. The van der Waals surface area contributed by atoms with Gasteiger partial charge in [0.25, 0.3) is 0 Å². The Kier molecular flexibility index (Phi) is 12.9. The van der Waals surface area contributed by atoms with E-state index in [0.29, 0.717) is 44.9 Å². The monoisotopic (exact) mass is 812 g/mol. The number of benzene rings is 3. The molecule has 1 atom stereocenters. The Morgan fingerprint density at radius 3 is 2.69 bits per heavy atom. The van der Waals surface area contributed by atoms with Crippen LogP contribution in [-0.2, 0) is 17.8 Å². The standard InChI is InChI=1S/C45H52N10O3S/c1-29(2)39-27-52-55-43(39)53-45(58-36-9-7-16-47-26-36)54-44(55)50-25-33-8-5-6-10-37(33)41-38-14-13-35(22-31(38)15-17-49-41)48-18-19-56-20-21-57-40-23-32(11-12-34(40)24-46-4)42-30(3)51-28-59-42/h5-6,8,10-15,17,22-23,27-29,36,46-48H,7,9,16,18-21,24-26H2,1-4H3,(H,50,53,54). The summed E-state index contributed by atoms with van der Waals surface area (Å²) in [6, 6.07) is 23.5. The smallest absolute Gasteiger partial charge is 0.322 e. The lowest BCUT2D eigenvalue weighted by Crippen LogP contribution is -2.37. The van der Waals surface area contributed by atoms with Crippen LogP contribution < -0.4 is 30.7 Å². The zero-order valence-corrected chi connectivity index (χ0v) is 34.9. The van der Waals surface area contributed by atoms with Crippen molar-refractivity contribution in [3.63, 3.8) is 0 Å². The summed E-state index contributed by atoms with van der Waals surface area (Å²) in [7, 11) is 1.94. The first kappa shape index (κ1) is 40.1. The Labute approximate surface area is 349 Å². The van der Waals surface area contributed by atoms with Crippen molar-refractivity contribution in [2.75, 3.05) is 57.1 Å². The summed E-state index contributed by atoms with van der Waals surface area (Å²) in [4.78, 5) is 20.1. The van der Waals surface area contributed by atoms with Gasteiger partial charge in [0.1, 0.15) is 18.5 Å². The van der Waals surface area contributed by atoms with Crippen LogP contribution in [-0.4, -0.2) is 82.2 Å². The number of pyridine rings is 1. The summed E-state index contributed by atoms with van der Waals surface area (Å²) in [5, 5.41) is 20.6. The molecule has 1 fully saturated rings. The first-order valence-electron chi connectivity index (χ1n) is 20.4. The van der Waals surface area contributed by atoms with E-state index in [0.717, 1.165) is 104 Å². The van der Waals surface area contributed by atoms with E-state index < -0.39 is 0 Å². The van der Waals surface area contributed by atoms with Crippen molar-refractivity contribution in [1.29, 1.82) is 0 Å². The van der Waals surface area contributed by atoms with Crippen molar-refractivity contribution in [2.45, 2.75) is 58.7 Å². The SMILES string of the molecule is CNCc1ccc(-c2scnc2C)cc1OCCOCCNc1ccc2c(-c3ccccc3CNc3nc(OC4CCCNC4)nc4c(C(C)C)cnn34)nccc2c1. The van der Waals surface area contributed by atoms with Crippen molar-refractivity contribution >= 4 is 39.4 Å². The van der Waals surface area contributed by atoms with Gasteiger partial charge in [0.15, 0.2) is 5.65 Å². The minimum Gasteiger partial charge on any atom is -0.491 e. The summed E-state index contributed by atoms with van der Waals surface area (Å²) in [5.41, 5.74) is 11.0.